The van der Waals surface area contributed by atoms with Gasteiger partial charge >= 0.3 is 12.7 Å². The van der Waals surface area contributed by atoms with Gasteiger partial charge in [0.1, 0.15) is 17.1 Å². The summed E-state index contributed by atoms with van der Waals surface area (Å²) in [5, 5.41) is 5.36. The van der Waals surface area contributed by atoms with Crippen molar-refractivity contribution in [2.45, 2.75) is 39.0 Å². The Hall–Kier alpha value is -2.88. The fourth-order valence-electron chi connectivity index (χ4n) is 2.72. The Bertz CT molecular complexity index is 950. The van der Waals surface area contributed by atoms with E-state index in [1.165, 1.54) is 25.3 Å². The normalized spacial score (nSPS) is 12.1. The van der Waals surface area contributed by atoms with Gasteiger partial charge in [-0.2, -0.15) is 8.78 Å². The van der Waals surface area contributed by atoms with Crippen LogP contribution in [0.1, 0.15) is 42.7 Å². The Labute approximate surface area is 193 Å². The number of carbonyl (C=O) groups is 2. The van der Waals surface area contributed by atoms with Crippen LogP contribution in [-0.4, -0.2) is 37.9 Å². The van der Waals surface area contributed by atoms with Gasteiger partial charge in [0.05, 0.1) is 18.7 Å². The highest BCUT2D eigenvalue weighted by molar-refractivity contribution is 9.10. The lowest BCUT2D eigenvalue weighted by Gasteiger charge is -2.23. The smallest absolute Gasteiger partial charge is 0.407 e. The molecule has 1 unspecified atom stereocenters. The molecule has 0 spiro atoms. The zero-order valence-electron chi connectivity index (χ0n) is 18.1. The van der Waals surface area contributed by atoms with Crippen molar-refractivity contribution in [1.82, 2.24) is 10.6 Å². The van der Waals surface area contributed by atoms with Crippen LogP contribution in [0.25, 0.3) is 0 Å². The van der Waals surface area contributed by atoms with Crippen molar-refractivity contribution in [3.63, 3.8) is 0 Å². The summed E-state index contributed by atoms with van der Waals surface area (Å²) in [5.41, 5.74) is -0.165. The molecule has 0 aliphatic heterocycles. The van der Waals surface area contributed by atoms with Crippen LogP contribution in [0.2, 0.25) is 0 Å². The van der Waals surface area contributed by atoms with Crippen LogP contribution in [0.3, 0.4) is 0 Å². The van der Waals surface area contributed by atoms with Gasteiger partial charge in [-0.05, 0) is 56.7 Å². The van der Waals surface area contributed by atoms with E-state index in [1.54, 1.807) is 45.0 Å². The van der Waals surface area contributed by atoms with Gasteiger partial charge in [-0.3, -0.25) is 4.79 Å². The molecule has 0 heterocycles. The maximum absolute atomic E-state index is 13.0. The number of hydrogen-bond acceptors (Lipinski definition) is 5. The molecule has 1 atom stereocenters. The van der Waals surface area contributed by atoms with Crippen LogP contribution in [-0.2, 0) is 4.74 Å². The highest BCUT2D eigenvalue weighted by Gasteiger charge is 2.23. The quantitative estimate of drug-likeness (QED) is 0.514. The fourth-order valence-corrected chi connectivity index (χ4v) is 3.09. The van der Waals surface area contributed by atoms with E-state index in [4.69, 9.17) is 9.47 Å². The molecule has 174 valence electrons. The largest absolute Gasteiger partial charge is 0.497 e. The van der Waals surface area contributed by atoms with Gasteiger partial charge in [0.15, 0.2) is 0 Å². The number of methoxy groups -OCH3 is 1. The number of hydrogen-bond donors (Lipinski definition) is 2. The Kier molecular flexibility index (Phi) is 8.82. The Balaban J connectivity index is 2.29. The fraction of sp³-hybridized carbons (Fsp3) is 0.364. The van der Waals surface area contributed by atoms with Crippen LogP contribution in [0.15, 0.2) is 46.9 Å². The summed E-state index contributed by atoms with van der Waals surface area (Å²) in [6.07, 6.45) is -0.663. The Morgan fingerprint density at radius 1 is 1.12 bits per heavy atom. The summed E-state index contributed by atoms with van der Waals surface area (Å²) in [6.45, 7) is 2.07. The van der Waals surface area contributed by atoms with Crippen molar-refractivity contribution in [3.05, 3.63) is 58.1 Å². The molecule has 2 rings (SSSR count). The first-order valence-electron chi connectivity index (χ1n) is 9.64. The van der Waals surface area contributed by atoms with Crippen molar-refractivity contribution < 1.29 is 32.6 Å². The highest BCUT2D eigenvalue weighted by atomic mass is 79.9. The molecule has 7 nitrogen and oxygen atoms in total. The number of halogens is 3. The van der Waals surface area contributed by atoms with Crippen molar-refractivity contribution in [3.8, 4) is 11.5 Å². The lowest BCUT2D eigenvalue weighted by molar-refractivity contribution is -0.0502. The molecule has 2 N–H and O–H groups in total. The third-order valence-corrected chi connectivity index (χ3v) is 4.55. The number of rotatable bonds is 8. The first-order chi connectivity index (χ1) is 15.0. The minimum atomic E-state index is -3.09. The second kappa shape index (κ2) is 11.1. The SMILES string of the molecule is COc1cccc(C(CNC(=O)OC(C)(C)C)NC(=O)c2cc(Br)ccc2OC(F)F)c1. The molecule has 0 aliphatic rings. The minimum Gasteiger partial charge on any atom is -0.497 e. The zero-order valence-corrected chi connectivity index (χ0v) is 19.7. The van der Waals surface area contributed by atoms with E-state index in [2.05, 4.69) is 31.3 Å². The Morgan fingerprint density at radius 3 is 2.47 bits per heavy atom. The predicted molar refractivity (Wildman–Crippen MR) is 118 cm³/mol. The van der Waals surface area contributed by atoms with E-state index in [0.29, 0.717) is 15.8 Å². The molecule has 0 saturated heterocycles. The summed E-state index contributed by atoms with van der Waals surface area (Å²) in [7, 11) is 1.50. The molecule has 0 fully saturated rings. The molecule has 2 amide bonds. The predicted octanol–water partition coefficient (Wildman–Crippen LogP) is 5.05. The molecule has 0 aliphatic carbocycles. The van der Waals surface area contributed by atoms with E-state index in [-0.39, 0.29) is 17.9 Å². The maximum Gasteiger partial charge on any atom is 0.407 e. The molecular weight excluding hydrogens is 490 g/mol. The van der Waals surface area contributed by atoms with Crippen LogP contribution in [0.4, 0.5) is 13.6 Å². The van der Waals surface area contributed by atoms with E-state index in [9.17, 15) is 18.4 Å². The number of alkyl carbamates (subject to hydrolysis) is 1. The molecule has 0 aromatic heterocycles. The van der Waals surface area contributed by atoms with Gasteiger partial charge in [0.25, 0.3) is 5.91 Å². The molecule has 0 radical (unpaired) electrons. The number of nitrogens with one attached hydrogen (secondary N) is 2. The summed E-state index contributed by atoms with van der Waals surface area (Å²) in [4.78, 5) is 25.1. The van der Waals surface area contributed by atoms with Crippen LogP contribution < -0.4 is 20.1 Å². The number of carbonyl (C=O) groups excluding carboxylic acids is 2. The molecule has 2 aromatic carbocycles. The summed E-state index contributed by atoms with van der Waals surface area (Å²) in [5.74, 6) is -0.394. The molecule has 10 heteroatoms. The first-order valence-corrected chi connectivity index (χ1v) is 10.4. The average Bonchev–Trinajstić information content (AvgIpc) is 2.70. The van der Waals surface area contributed by atoms with Crippen molar-refractivity contribution in [1.29, 1.82) is 0 Å². The van der Waals surface area contributed by atoms with E-state index in [0.717, 1.165) is 0 Å². The Morgan fingerprint density at radius 2 is 1.84 bits per heavy atom. The second-order valence-electron chi connectivity index (χ2n) is 7.70. The van der Waals surface area contributed by atoms with Crippen LogP contribution >= 0.6 is 15.9 Å². The molecule has 0 bridgehead atoms. The van der Waals surface area contributed by atoms with Crippen molar-refractivity contribution in [2.75, 3.05) is 13.7 Å². The van der Waals surface area contributed by atoms with Crippen molar-refractivity contribution >= 4 is 27.9 Å². The highest BCUT2D eigenvalue weighted by Crippen LogP contribution is 2.26. The topological polar surface area (TPSA) is 85.9 Å². The summed E-state index contributed by atoms with van der Waals surface area (Å²) < 4.78 is 41.0. The van der Waals surface area contributed by atoms with E-state index in [1.807, 2.05) is 0 Å². The summed E-state index contributed by atoms with van der Waals surface area (Å²) in [6, 6.07) is 10.3. The monoisotopic (exact) mass is 514 g/mol. The molecule has 0 saturated carbocycles. The lowest BCUT2D eigenvalue weighted by Crippen LogP contribution is -2.40. The number of ether oxygens (including phenoxy) is 3. The molecule has 32 heavy (non-hydrogen) atoms. The second-order valence-corrected chi connectivity index (χ2v) is 8.62. The first kappa shape index (κ1) is 25.4. The number of benzene rings is 2. The van der Waals surface area contributed by atoms with Crippen LogP contribution in [0, 0.1) is 0 Å². The van der Waals surface area contributed by atoms with Crippen molar-refractivity contribution in [2.24, 2.45) is 0 Å². The third kappa shape index (κ3) is 7.99. The van der Waals surface area contributed by atoms with Gasteiger partial charge in [0, 0.05) is 11.0 Å². The van der Waals surface area contributed by atoms with E-state index >= 15 is 0 Å². The number of alkyl halides is 2. The minimum absolute atomic E-state index is 0.0210. The van der Waals surface area contributed by atoms with Gasteiger partial charge in [-0.15, -0.1) is 0 Å². The molecular formula is C22H25BrF2N2O5. The lowest BCUT2D eigenvalue weighted by atomic mass is 10.1. The number of amides is 2. The zero-order chi connectivity index (χ0) is 23.9. The standard InChI is InChI=1S/C22H25BrF2N2O5/c1-22(2,3)32-21(29)26-12-17(13-6-5-7-15(10-13)30-4)27-19(28)16-11-14(23)8-9-18(16)31-20(24)25/h5-11,17,20H,12H2,1-4H3,(H,26,29)(H,27,28). The van der Waals surface area contributed by atoms with Gasteiger partial charge < -0.3 is 24.8 Å². The van der Waals surface area contributed by atoms with Gasteiger partial charge in [-0.25, -0.2) is 4.79 Å². The maximum atomic E-state index is 13.0. The van der Waals surface area contributed by atoms with Gasteiger partial charge in [0.2, 0.25) is 0 Å². The van der Waals surface area contributed by atoms with Gasteiger partial charge in [-0.1, -0.05) is 28.1 Å². The molecule has 2 aromatic rings. The van der Waals surface area contributed by atoms with E-state index < -0.39 is 30.3 Å². The average molecular weight is 515 g/mol. The summed E-state index contributed by atoms with van der Waals surface area (Å²) >= 11 is 3.23. The van der Waals surface area contributed by atoms with Crippen LogP contribution in [0.5, 0.6) is 11.5 Å². The third-order valence-electron chi connectivity index (χ3n) is 4.05.